The maximum atomic E-state index is 12.7. The van der Waals surface area contributed by atoms with E-state index in [1.165, 1.54) is 11.1 Å². The zero-order valence-electron chi connectivity index (χ0n) is 12.4. The van der Waals surface area contributed by atoms with Crippen molar-refractivity contribution in [3.63, 3.8) is 0 Å². The second kappa shape index (κ2) is 6.13. The van der Waals surface area contributed by atoms with Gasteiger partial charge < -0.3 is 4.90 Å². The molecule has 2 heteroatoms. The first-order valence-corrected chi connectivity index (χ1v) is 7.60. The van der Waals surface area contributed by atoms with Crippen LogP contribution >= 0.6 is 0 Å². The lowest BCUT2D eigenvalue weighted by atomic mass is 10.1. The van der Waals surface area contributed by atoms with Crippen LogP contribution in [0.3, 0.4) is 0 Å². The number of hydrogen-bond donors (Lipinski definition) is 0. The summed E-state index contributed by atoms with van der Waals surface area (Å²) in [5.41, 5.74) is 2.38. The van der Waals surface area contributed by atoms with Gasteiger partial charge in [0.05, 0.1) is 0 Å². The van der Waals surface area contributed by atoms with E-state index < -0.39 is 0 Å². The second-order valence-corrected chi connectivity index (χ2v) is 5.98. The predicted octanol–water partition coefficient (Wildman–Crippen LogP) is 3.87. The van der Waals surface area contributed by atoms with Crippen LogP contribution in [0.2, 0.25) is 0 Å². The Labute approximate surface area is 126 Å². The van der Waals surface area contributed by atoms with Gasteiger partial charge in [0.2, 0.25) is 5.91 Å². The van der Waals surface area contributed by atoms with Crippen molar-refractivity contribution in [2.45, 2.75) is 26.4 Å². The van der Waals surface area contributed by atoms with Crippen molar-refractivity contribution in [1.82, 2.24) is 4.90 Å². The number of carbonyl (C=O) groups is 1. The van der Waals surface area contributed by atoms with Gasteiger partial charge in [-0.3, -0.25) is 4.79 Å². The first kappa shape index (κ1) is 13.9. The lowest BCUT2D eigenvalue weighted by molar-refractivity contribution is -0.134. The Morgan fingerprint density at radius 2 is 1.38 bits per heavy atom. The molecule has 1 fully saturated rings. The number of amides is 1. The third-order valence-corrected chi connectivity index (χ3v) is 4.17. The molecule has 0 radical (unpaired) electrons. The molecule has 108 valence electrons. The third-order valence-electron chi connectivity index (χ3n) is 4.17. The van der Waals surface area contributed by atoms with E-state index in [9.17, 15) is 4.79 Å². The minimum atomic E-state index is 0.234. The monoisotopic (exact) mass is 279 g/mol. The standard InChI is InChI=1S/C19H21NO/c1-15-12-18(15)19(21)20(13-16-8-4-2-5-9-16)14-17-10-6-3-7-11-17/h2-11,15,18H,12-14H2,1H3. The molecule has 2 aromatic carbocycles. The molecule has 0 N–H and O–H groups in total. The van der Waals surface area contributed by atoms with Crippen molar-refractivity contribution in [2.24, 2.45) is 11.8 Å². The highest BCUT2D eigenvalue weighted by Gasteiger charge is 2.41. The zero-order valence-corrected chi connectivity index (χ0v) is 12.4. The first-order chi connectivity index (χ1) is 10.2. The molecule has 2 unspecified atom stereocenters. The molecule has 0 saturated heterocycles. The number of nitrogens with zero attached hydrogens (tertiary/aromatic N) is 1. The van der Waals surface area contributed by atoms with E-state index in [1.54, 1.807) is 0 Å². The van der Waals surface area contributed by atoms with E-state index in [-0.39, 0.29) is 5.92 Å². The summed E-state index contributed by atoms with van der Waals surface area (Å²) in [5.74, 6) is 1.08. The van der Waals surface area contributed by atoms with Crippen molar-refractivity contribution >= 4 is 5.91 Å². The van der Waals surface area contributed by atoms with E-state index in [0.29, 0.717) is 24.9 Å². The first-order valence-electron chi connectivity index (χ1n) is 7.60. The number of benzene rings is 2. The van der Waals surface area contributed by atoms with Crippen LogP contribution in [-0.4, -0.2) is 10.8 Å². The summed E-state index contributed by atoms with van der Waals surface area (Å²) in [6.45, 7) is 3.54. The van der Waals surface area contributed by atoms with E-state index in [0.717, 1.165) is 6.42 Å². The van der Waals surface area contributed by atoms with Gasteiger partial charge in [-0.15, -0.1) is 0 Å². The molecular formula is C19H21NO. The number of rotatable bonds is 5. The summed E-state index contributed by atoms with van der Waals surface area (Å²) in [5, 5.41) is 0. The Morgan fingerprint density at radius 1 is 0.952 bits per heavy atom. The second-order valence-electron chi connectivity index (χ2n) is 5.98. The van der Waals surface area contributed by atoms with Crippen LogP contribution in [0.1, 0.15) is 24.5 Å². The van der Waals surface area contributed by atoms with Crippen molar-refractivity contribution in [1.29, 1.82) is 0 Å². The van der Waals surface area contributed by atoms with Gasteiger partial charge in [0, 0.05) is 19.0 Å². The summed E-state index contributed by atoms with van der Waals surface area (Å²) in [6.07, 6.45) is 1.04. The van der Waals surface area contributed by atoms with Gasteiger partial charge in [-0.2, -0.15) is 0 Å². The maximum Gasteiger partial charge on any atom is 0.226 e. The molecule has 1 saturated carbocycles. The normalized spacial score (nSPS) is 20.0. The van der Waals surface area contributed by atoms with Crippen LogP contribution in [0.15, 0.2) is 60.7 Å². The van der Waals surface area contributed by atoms with E-state index in [4.69, 9.17) is 0 Å². The average molecular weight is 279 g/mol. The van der Waals surface area contributed by atoms with Crippen molar-refractivity contribution in [3.8, 4) is 0 Å². The molecule has 21 heavy (non-hydrogen) atoms. The molecular weight excluding hydrogens is 258 g/mol. The Balaban J connectivity index is 1.76. The third kappa shape index (κ3) is 3.52. The largest absolute Gasteiger partial charge is 0.334 e. The van der Waals surface area contributed by atoms with Crippen LogP contribution in [0.25, 0.3) is 0 Å². The van der Waals surface area contributed by atoms with Gasteiger partial charge in [0.25, 0.3) is 0 Å². The Kier molecular flexibility index (Phi) is 4.05. The van der Waals surface area contributed by atoms with Crippen LogP contribution < -0.4 is 0 Å². The van der Waals surface area contributed by atoms with E-state index >= 15 is 0 Å². The highest BCUT2D eigenvalue weighted by Crippen LogP contribution is 2.39. The van der Waals surface area contributed by atoms with Gasteiger partial charge in [0.15, 0.2) is 0 Å². The topological polar surface area (TPSA) is 20.3 Å². The fraction of sp³-hybridized carbons (Fsp3) is 0.316. The molecule has 2 aromatic rings. The highest BCUT2D eigenvalue weighted by atomic mass is 16.2. The van der Waals surface area contributed by atoms with Gasteiger partial charge in [-0.25, -0.2) is 0 Å². The zero-order chi connectivity index (χ0) is 14.7. The number of hydrogen-bond acceptors (Lipinski definition) is 1. The lowest BCUT2D eigenvalue weighted by Gasteiger charge is -2.23. The van der Waals surface area contributed by atoms with Gasteiger partial charge >= 0.3 is 0 Å². The molecule has 1 aliphatic carbocycles. The quantitative estimate of drug-likeness (QED) is 0.813. The molecule has 0 spiro atoms. The van der Waals surface area contributed by atoms with Crippen LogP contribution in [0, 0.1) is 11.8 Å². The van der Waals surface area contributed by atoms with Crippen molar-refractivity contribution < 1.29 is 4.79 Å². The molecule has 1 aliphatic rings. The van der Waals surface area contributed by atoms with Crippen LogP contribution in [0.4, 0.5) is 0 Å². The Hall–Kier alpha value is -2.09. The molecule has 0 aliphatic heterocycles. The van der Waals surface area contributed by atoms with Crippen LogP contribution in [0.5, 0.6) is 0 Å². The minimum absolute atomic E-state index is 0.234. The van der Waals surface area contributed by atoms with Gasteiger partial charge in [-0.05, 0) is 23.5 Å². The molecule has 2 atom stereocenters. The van der Waals surface area contributed by atoms with E-state index in [1.807, 2.05) is 41.3 Å². The molecule has 0 heterocycles. The maximum absolute atomic E-state index is 12.7. The van der Waals surface area contributed by atoms with Gasteiger partial charge in [0.1, 0.15) is 0 Å². The summed E-state index contributed by atoms with van der Waals surface area (Å²) in [4.78, 5) is 14.6. The van der Waals surface area contributed by atoms with Crippen molar-refractivity contribution in [3.05, 3.63) is 71.8 Å². The number of carbonyl (C=O) groups excluding carboxylic acids is 1. The minimum Gasteiger partial charge on any atom is -0.334 e. The Bertz CT molecular complexity index is 552. The highest BCUT2D eigenvalue weighted by molar-refractivity contribution is 5.81. The summed E-state index contributed by atoms with van der Waals surface area (Å²) in [6, 6.07) is 20.5. The van der Waals surface area contributed by atoms with Gasteiger partial charge in [-0.1, -0.05) is 67.6 Å². The molecule has 0 aromatic heterocycles. The Morgan fingerprint density at radius 3 is 1.76 bits per heavy atom. The lowest BCUT2D eigenvalue weighted by Crippen LogP contribution is -2.31. The fourth-order valence-electron chi connectivity index (χ4n) is 2.72. The molecule has 2 nitrogen and oxygen atoms in total. The summed E-state index contributed by atoms with van der Waals surface area (Å²) in [7, 11) is 0. The van der Waals surface area contributed by atoms with E-state index in [2.05, 4.69) is 31.2 Å². The predicted molar refractivity (Wildman–Crippen MR) is 84.4 cm³/mol. The summed E-state index contributed by atoms with van der Waals surface area (Å²) < 4.78 is 0. The van der Waals surface area contributed by atoms with Crippen molar-refractivity contribution in [2.75, 3.05) is 0 Å². The molecule has 1 amide bonds. The van der Waals surface area contributed by atoms with Crippen LogP contribution in [-0.2, 0) is 17.9 Å². The average Bonchev–Trinajstić information content (AvgIpc) is 3.25. The molecule has 3 rings (SSSR count). The summed E-state index contributed by atoms with van der Waals surface area (Å²) >= 11 is 0. The smallest absolute Gasteiger partial charge is 0.226 e. The SMILES string of the molecule is CC1CC1C(=O)N(Cc1ccccc1)Cc1ccccc1. The fourth-order valence-corrected chi connectivity index (χ4v) is 2.72. The molecule has 0 bridgehead atoms.